The summed E-state index contributed by atoms with van der Waals surface area (Å²) in [5.74, 6) is 0.0582. The molecule has 0 radical (unpaired) electrons. The van der Waals surface area contributed by atoms with Crippen LogP contribution in [0.3, 0.4) is 0 Å². The Labute approximate surface area is 127 Å². The molecule has 2 heterocycles. The van der Waals surface area contributed by atoms with Gasteiger partial charge >= 0.3 is 0 Å². The van der Waals surface area contributed by atoms with Gasteiger partial charge in [0.1, 0.15) is 5.03 Å². The van der Waals surface area contributed by atoms with E-state index in [9.17, 15) is 0 Å². The summed E-state index contributed by atoms with van der Waals surface area (Å²) in [6.07, 6.45) is 5.11. The minimum atomic E-state index is 0.0582. The minimum Gasteiger partial charge on any atom is -0.409 e. The van der Waals surface area contributed by atoms with Crippen LogP contribution in [0.25, 0.3) is 0 Å². The van der Waals surface area contributed by atoms with Crippen molar-refractivity contribution < 1.29 is 5.21 Å². The molecule has 0 aromatic carbocycles. The molecule has 7 nitrogen and oxygen atoms in total. The van der Waals surface area contributed by atoms with Crippen LogP contribution in [0.4, 0.5) is 0 Å². The van der Waals surface area contributed by atoms with Crippen LogP contribution >= 0.6 is 11.8 Å². The summed E-state index contributed by atoms with van der Waals surface area (Å²) in [7, 11) is 1.85. The third-order valence-electron chi connectivity index (χ3n) is 3.07. The third-order valence-corrected chi connectivity index (χ3v) is 4.00. The Hall–Kier alpha value is -2.09. The quantitative estimate of drug-likeness (QED) is 0.376. The van der Waals surface area contributed by atoms with Gasteiger partial charge in [0, 0.05) is 13.2 Å². The average Bonchev–Trinajstić information content (AvgIpc) is 2.90. The lowest BCUT2D eigenvalue weighted by molar-refractivity contribution is 0.318. The predicted octanol–water partition coefficient (Wildman–Crippen LogP) is 1.58. The number of nitrogens with zero attached hydrogens (tertiary/aromatic N) is 5. The Morgan fingerprint density at radius 3 is 2.67 bits per heavy atom. The Bertz CT molecular complexity index is 667. The summed E-state index contributed by atoms with van der Waals surface area (Å²) in [6.45, 7) is 4.02. The molecule has 0 amide bonds. The maximum atomic E-state index is 9.06. The van der Waals surface area contributed by atoms with Crippen LogP contribution in [0, 0.1) is 0 Å². The van der Waals surface area contributed by atoms with Crippen molar-refractivity contribution in [1.82, 2.24) is 20.0 Å². The molecule has 112 valence electrons. The summed E-state index contributed by atoms with van der Waals surface area (Å²) in [5.41, 5.74) is 8.34. The topological polar surface area (TPSA) is 102 Å². The van der Waals surface area contributed by atoms with Crippen molar-refractivity contribution in [1.29, 1.82) is 0 Å². The fraction of sp³-hybridized carbons (Fsp3) is 0.385. The number of nitrogens with two attached hydrogens (primary N) is 1. The molecule has 0 saturated carbocycles. The second-order valence-electron chi connectivity index (χ2n) is 4.45. The van der Waals surface area contributed by atoms with Gasteiger partial charge in [-0.25, -0.2) is 0 Å². The first kappa shape index (κ1) is 15.3. The summed E-state index contributed by atoms with van der Waals surface area (Å²) >= 11 is 1.40. The summed E-state index contributed by atoms with van der Waals surface area (Å²) in [5, 5.41) is 25.4. The SMILES string of the molecule is CCc1nnc(Sc2cnn(C)c2)c(C(N)=NO)c1CC. The van der Waals surface area contributed by atoms with Gasteiger partial charge in [0.25, 0.3) is 0 Å². The molecule has 3 N–H and O–H groups in total. The highest BCUT2D eigenvalue weighted by atomic mass is 32.2. The van der Waals surface area contributed by atoms with E-state index < -0.39 is 0 Å². The third kappa shape index (κ3) is 3.15. The molecule has 0 saturated heterocycles. The van der Waals surface area contributed by atoms with Crippen molar-refractivity contribution >= 4 is 17.6 Å². The molecule has 2 aromatic rings. The van der Waals surface area contributed by atoms with Crippen LogP contribution in [0.2, 0.25) is 0 Å². The van der Waals surface area contributed by atoms with Gasteiger partial charge in [-0.1, -0.05) is 30.8 Å². The Morgan fingerprint density at radius 2 is 2.14 bits per heavy atom. The fourth-order valence-electron chi connectivity index (χ4n) is 2.10. The van der Waals surface area contributed by atoms with Crippen LogP contribution in [-0.4, -0.2) is 31.0 Å². The van der Waals surface area contributed by atoms with E-state index >= 15 is 0 Å². The predicted molar refractivity (Wildman–Crippen MR) is 80.6 cm³/mol. The van der Waals surface area contributed by atoms with E-state index in [1.807, 2.05) is 27.1 Å². The summed E-state index contributed by atoms with van der Waals surface area (Å²) in [4.78, 5) is 0.921. The highest BCUT2D eigenvalue weighted by molar-refractivity contribution is 7.99. The molecule has 0 aliphatic carbocycles. The standard InChI is InChI=1S/C13H18N6OS/c1-4-9-10(5-2)16-17-13(11(9)12(14)18-20)21-8-6-15-19(3)7-8/h6-7,20H,4-5H2,1-3H3,(H2,14,18). The van der Waals surface area contributed by atoms with Crippen molar-refractivity contribution in [2.45, 2.75) is 36.6 Å². The lowest BCUT2D eigenvalue weighted by atomic mass is 10.0. The molecule has 2 rings (SSSR count). The molecule has 8 heteroatoms. The molecule has 21 heavy (non-hydrogen) atoms. The maximum absolute atomic E-state index is 9.06. The minimum absolute atomic E-state index is 0.0582. The molecular weight excluding hydrogens is 288 g/mol. The lowest BCUT2D eigenvalue weighted by Crippen LogP contribution is -2.20. The molecule has 0 aliphatic heterocycles. The monoisotopic (exact) mass is 306 g/mol. The van der Waals surface area contributed by atoms with Crippen molar-refractivity contribution in [3.05, 3.63) is 29.2 Å². The maximum Gasteiger partial charge on any atom is 0.173 e. The number of amidine groups is 1. The largest absolute Gasteiger partial charge is 0.409 e. The van der Waals surface area contributed by atoms with Crippen molar-refractivity contribution in [3.63, 3.8) is 0 Å². The van der Waals surface area contributed by atoms with Crippen LogP contribution in [0.1, 0.15) is 30.7 Å². The average molecular weight is 306 g/mol. The number of hydrogen-bond acceptors (Lipinski definition) is 6. The molecule has 0 atom stereocenters. The van der Waals surface area contributed by atoms with Crippen LogP contribution in [-0.2, 0) is 19.9 Å². The molecule has 0 bridgehead atoms. The smallest absolute Gasteiger partial charge is 0.173 e. The van der Waals surface area contributed by atoms with Crippen LogP contribution < -0.4 is 5.73 Å². The highest BCUT2D eigenvalue weighted by Crippen LogP contribution is 2.30. The van der Waals surface area contributed by atoms with Crippen molar-refractivity contribution in [3.8, 4) is 0 Å². The van der Waals surface area contributed by atoms with E-state index in [1.165, 1.54) is 11.8 Å². The molecule has 0 fully saturated rings. The zero-order valence-electron chi connectivity index (χ0n) is 12.2. The number of rotatable bonds is 5. The van der Waals surface area contributed by atoms with Crippen LogP contribution in [0.5, 0.6) is 0 Å². The fourth-order valence-corrected chi connectivity index (χ4v) is 3.04. The number of oxime groups is 1. The van der Waals surface area contributed by atoms with Crippen LogP contribution in [0.15, 0.2) is 27.5 Å². The van der Waals surface area contributed by atoms with Gasteiger partial charge in [-0.3, -0.25) is 4.68 Å². The normalized spacial score (nSPS) is 11.9. The first-order valence-electron chi connectivity index (χ1n) is 6.63. The van der Waals surface area contributed by atoms with Crippen molar-refractivity contribution in [2.75, 3.05) is 0 Å². The first-order chi connectivity index (χ1) is 10.1. The Balaban J connectivity index is 2.54. The lowest BCUT2D eigenvalue weighted by Gasteiger charge is -2.13. The zero-order chi connectivity index (χ0) is 15.4. The molecular formula is C13H18N6OS. The van der Waals surface area contributed by atoms with E-state index in [4.69, 9.17) is 10.9 Å². The Morgan fingerprint density at radius 1 is 1.38 bits per heavy atom. The van der Waals surface area contributed by atoms with Gasteiger partial charge in [-0.15, -0.1) is 5.10 Å². The van der Waals surface area contributed by atoms with Gasteiger partial charge in [-0.05, 0) is 18.4 Å². The van der Waals surface area contributed by atoms with Gasteiger partial charge in [0.15, 0.2) is 5.84 Å². The van der Waals surface area contributed by atoms with E-state index in [0.29, 0.717) is 10.6 Å². The number of aromatic nitrogens is 4. The highest BCUT2D eigenvalue weighted by Gasteiger charge is 2.19. The molecule has 0 aliphatic rings. The van der Waals surface area contributed by atoms with E-state index in [0.717, 1.165) is 29.0 Å². The summed E-state index contributed by atoms with van der Waals surface area (Å²) < 4.78 is 1.71. The van der Waals surface area contributed by atoms with Gasteiger partial charge in [0.05, 0.1) is 22.3 Å². The van der Waals surface area contributed by atoms with Crippen molar-refractivity contribution in [2.24, 2.45) is 17.9 Å². The van der Waals surface area contributed by atoms with E-state index in [2.05, 4.69) is 20.5 Å². The van der Waals surface area contributed by atoms with E-state index in [-0.39, 0.29) is 5.84 Å². The summed E-state index contributed by atoms with van der Waals surface area (Å²) in [6, 6.07) is 0. The van der Waals surface area contributed by atoms with Gasteiger partial charge < -0.3 is 10.9 Å². The van der Waals surface area contributed by atoms with Gasteiger partial charge in [0.2, 0.25) is 0 Å². The zero-order valence-corrected chi connectivity index (χ0v) is 13.1. The molecule has 0 spiro atoms. The van der Waals surface area contributed by atoms with E-state index in [1.54, 1.807) is 10.9 Å². The molecule has 2 aromatic heterocycles. The second-order valence-corrected chi connectivity index (χ2v) is 5.51. The number of aryl methyl sites for hydroxylation is 2. The Kier molecular flexibility index (Phi) is 4.79. The second kappa shape index (κ2) is 6.57. The van der Waals surface area contributed by atoms with Gasteiger partial charge in [-0.2, -0.15) is 10.2 Å². The molecule has 0 unspecified atom stereocenters. The first-order valence-corrected chi connectivity index (χ1v) is 7.45. The number of hydrogen-bond donors (Lipinski definition) is 2.